The van der Waals surface area contributed by atoms with Crippen LogP contribution in [0.2, 0.25) is 0 Å². The lowest BCUT2D eigenvalue weighted by molar-refractivity contribution is -0.115. The van der Waals surface area contributed by atoms with Crippen LogP contribution in [0.4, 0.5) is 15.8 Å². The summed E-state index contributed by atoms with van der Waals surface area (Å²) in [5.74, 6) is -1.03. The highest BCUT2D eigenvalue weighted by Gasteiger charge is 2.14. The van der Waals surface area contributed by atoms with Crippen molar-refractivity contribution < 1.29 is 14.0 Å². The summed E-state index contributed by atoms with van der Waals surface area (Å²) in [5, 5.41) is 8.63. The summed E-state index contributed by atoms with van der Waals surface area (Å²) in [7, 11) is 0. The van der Waals surface area contributed by atoms with E-state index >= 15 is 0 Å². The van der Waals surface area contributed by atoms with E-state index in [2.05, 4.69) is 16.0 Å². The molecule has 3 aromatic rings. The molecule has 0 spiro atoms. The molecule has 6 heteroatoms. The third-order valence-corrected chi connectivity index (χ3v) is 4.42. The Balaban J connectivity index is 1.61. The molecule has 3 aromatic carbocycles. The second-order valence-corrected chi connectivity index (χ2v) is 6.57. The van der Waals surface area contributed by atoms with E-state index in [4.69, 9.17) is 0 Å². The summed E-state index contributed by atoms with van der Waals surface area (Å²) >= 11 is 0. The highest BCUT2D eigenvalue weighted by Crippen LogP contribution is 2.18. The summed E-state index contributed by atoms with van der Waals surface area (Å²) < 4.78 is 13.0. The van der Waals surface area contributed by atoms with E-state index in [0.29, 0.717) is 16.9 Å². The maximum Gasteiger partial charge on any atom is 0.257 e. The zero-order valence-electron chi connectivity index (χ0n) is 16.0. The highest BCUT2D eigenvalue weighted by molar-refractivity contribution is 6.10. The van der Waals surface area contributed by atoms with Gasteiger partial charge in [0.15, 0.2) is 0 Å². The zero-order valence-corrected chi connectivity index (χ0v) is 16.0. The van der Waals surface area contributed by atoms with Gasteiger partial charge in [-0.2, -0.15) is 0 Å². The number of halogens is 1. The molecule has 5 nitrogen and oxygen atoms in total. The molecule has 3 N–H and O–H groups in total. The second-order valence-electron chi connectivity index (χ2n) is 6.57. The van der Waals surface area contributed by atoms with Crippen molar-refractivity contribution in [2.75, 3.05) is 17.2 Å². The molecule has 29 heavy (non-hydrogen) atoms. The predicted octanol–water partition coefficient (Wildman–Crippen LogP) is 4.37. The fraction of sp³-hybridized carbons (Fsp3) is 0.130. The van der Waals surface area contributed by atoms with Gasteiger partial charge in [0.05, 0.1) is 17.8 Å². The van der Waals surface area contributed by atoms with Crippen molar-refractivity contribution in [2.24, 2.45) is 0 Å². The highest BCUT2D eigenvalue weighted by atomic mass is 19.1. The molecule has 0 saturated carbocycles. The number of nitrogens with one attached hydrogen (secondary N) is 3. The molecule has 0 bridgehead atoms. The fourth-order valence-corrected chi connectivity index (χ4v) is 2.82. The smallest absolute Gasteiger partial charge is 0.257 e. The van der Waals surface area contributed by atoms with Crippen molar-refractivity contribution in [3.8, 4) is 0 Å². The van der Waals surface area contributed by atoms with E-state index in [9.17, 15) is 14.0 Å². The van der Waals surface area contributed by atoms with Gasteiger partial charge in [-0.05, 0) is 48.9 Å². The number of para-hydroxylation sites is 1. The number of carbonyl (C=O) groups excluding carboxylic acids is 2. The van der Waals surface area contributed by atoms with Gasteiger partial charge >= 0.3 is 0 Å². The largest absolute Gasteiger partial charge is 0.324 e. The lowest BCUT2D eigenvalue weighted by Crippen LogP contribution is -2.30. The van der Waals surface area contributed by atoms with Crippen LogP contribution in [-0.2, 0) is 4.79 Å². The van der Waals surface area contributed by atoms with Crippen LogP contribution in [0, 0.1) is 5.82 Å². The van der Waals surface area contributed by atoms with Crippen LogP contribution in [-0.4, -0.2) is 18.4 Å². The van der Waals surface area contributed by atoms with Gasteiger partial charge in [0, 0.05) is 11.7 Å². The van der Waals surface area contributed by atoms with E-state index < -0.39 is 5.91 Å². The minimum Gasteiger partial charge on any atom is -0.324 e. The second kappa shape index (κ2) is 9.61. The van der Waals surface area contributed by atoms with Gasteiger partial charge in [-0.1, -0.05) is 42.5 Å². The van der Waals surface area contributed by atoms with Gasteiger partial charge in [-0.3, -0.25) is 9.59 Å². The van der Waals surface area contributed by atoms with Crippen molar-refractivity contribution in [3.63, 3.8) is 0 Å². The maximum absolute atomic E-state index is 13.0. The molecule has 1 atom stereocenters. The normalized spacial score (nSPS) is 11.5. The molecule has 0 saturated heterocycles. The van der Waals surface area contributed by atoms with Crippen LogP contribution < -0.4 is 16.0 Å². The Bertz CT molecular complexity index is 975. The van der Waals surface area contributed by atoms with Crippen molar-refractivity contribution in [1.29, 1.82) is 0 Å². The molecule has 0 aliphatic carbocycles. The Morgan fingerprint density at radius 1 is 0.862 bits per heavy atom. The number of benzene rings is 3. The Hall–Kier alpha value is -3.51. The Labute approximate surface area is 169 Å². The molecule has 0 aromatic heterocycles. The lowest BCUT2D eigenvalue weighted by atomic mass is 10.1. The summed E-state index contributed by atoms with van der Waals surface area (Å²) in [6, 6.07) is 22.1. The van der Waals surface area contributed by atoms with Crippen LogP contribution in [0.1, 0.15) is 28.9 Å². The van der Waals surface area contributed by atoms with Crippen LogP contribution in [0.5, 0.6) is 0 Å². The first-order chi connectivity index (χ1) is 14.0. The van der Waals surface area contributed by atoms with Gasteiger partial charge in [-0.15, -0.1) is 0 Å². The van der Waals surface area contributed by atoms with E-state index in [-0.39, 0.29) is 24.3 Å². The molecule has 0 fully saturated rings. The molecular formula is C23H22FN3O2. The molecule has 0 radical (unpaired) electrons. The topological polar surface area (TPSA) is 70.2 Å². The van der Waals surface area contributed by atoms with Crippen LogP contribution in [0.25, 0.3) is 0 Å². The first-order valence-electron chi connectivity index (χ1n) is 9.27. The van der Waals surface area contributed by atoms with E-state index in [1.165, 1.54) is 24.3 Å². The molecule has 2 amide bonds. The zero-order chi connectivity index (χ0) is 20.6. The van der Waals surface area contributed by atoms with Crippen molar-refractivity contribution in [1.82, 2.24) is 5.32 Å². The number of rotatable bonds is 7. The molecule has 1 unspecified atom stereocenters. The first-order valence-corrected chi connectivity index (χ1v) is 9.27. The fourth-order valence-electron chi connectivity index (χ4n) is 2.82. The van der Waals surface area contributed by atoms with Crippen LogP contribution in [0.15, 0.2) is 78.9 Å². The van der Waals surface area contributed by atoms with Crippen molar-refractivity contribution >= 4 is 23.2 Å². The van der Waals surface area contributed by atoms with Crippen molar-refractivity contribution in [3.05, 3.63) is 95.8 Å². The van der Waals surface area contributed by atoms with Gasteiger partial charge in [0.2, 0.25) is 5.91 Å². The SMILES string of the molecule is CC(NCC(=O)Nc1ccccc1C(=O)Nc1ccc(F)cc1)c1ccccc1. The summed E-state index contributed by atoms with van der Waals surface area (Å²) in [5.41, 5.74) is 2.28. The Morgan fingerprint density at radius 2 is 1.52 bits per heavy atom. The lowest BCUT2D eigenvalue weighted by Gasteiger charge is -2.15. The quantitative estimate of drug-likeness (QED) is 0.560. The first kappa shape index (κ1) is 20.2. The number of hydrogen-bond acceptors (Lipinski definition) is 3. The van der Waals surface area contributed by atoms with Crippen LogP contribution >= 0.6 is 0 Å². The number of carbonyl (C=O) groups is 2. The summed E-state index contributed by atoms with van der Waals surface area (Å²) in [4.78, 5) is 25.0. The van der Waals surface area contributed by atoms with E-state index in [0.717, 1.165) is 5.56 Å². The van der Waals surface area contributed by atoms with Crippen LogP contribution in [0.3, 0.4) is 0 Å². The Morgan fingerprint density at radius 3 is 2.24 bits per heavy atom. The average molecular weight is 391 g/mol. The number of anilines is 2. The molecule has 0 aliphatic heterocycles. The minimum absolute atomic E-state index is 0.0129. The summed E-state index contributed by atoms with van der Waals surface area (Å²) in [6.07, 6.45) is 0. The third-order valence-electron chi connectivity index (χ3n) is 4.42. The maximum atomic E-state index is 13.0. The molecule has 0 heterocycles. The van der Waals surface area contributed by atoms with E-state index in [1.54, 1.807) is 24.3 Å². The molecular weight excluding hydrogens is 369 g/mol. The monoisotopic (exact) mass is 391 g/mol. The summed E-state index contributed by atoms with van der Waals surface area (Å²) in [6.45, 7) is 2.08. The minimum atomic E-state index is -0.391. The van der Waals surface area contributed by atoms with Gasteiger partial charge in [0.25, 0.3) is 5.91 Å². The third kappa shape index (κ3) is 5.73. The predicted molar refractivity (Wildman–Crippen MR) is 112 cm³/mol. The van der Waals surface area contributed by atoms with Crippen molar-refractivity contribution in [2.45, 2.75) is 13.0 Å². The standard InChI is InChI=1S/C23H22FN3O2/c1-16(17-7-3-2-4-8-17)25-15-22(28)27-21-10-6-5-9-20(21)23(29)26-19-13-11-18(24)12-14-19/h2-14,16,25H,15H2,1H3,(H,26,29)(H,27,28). The number of hydrogen-bond donors (Lipinski definition) is 3. The van der Waals surface area contributed by atoms with Gasteiger partial charge in [-0.25, -0.2) is 4.39 Å². The Kier molecular flexibility index (Phi) is 6.71. The number of amides is 2. The van der Waals surface area contributed by atoms with Gasteiger partial charge in [0.1, 0.15) is 5.82 Å². The average Bonchev–Trinajstić information content (AvgIpc) is 2.74. The molecule has 0 aliphatic rings. The van der Waals surface area contributed by atoms with E-state index in [1.807, 2.05) is 37.3 Å². The molecule has 3 rings (SSSR count). The van der Waals surface area contributed by atoms with Gasteiger partial charge < -0.3 is 16.0 Å². The molecule has 148 valence electrons.